The molecule has 21 heteroatoms. The second-order valence-electron chi connectivity index (χ2n) is 21.4. The molecule has 8 amide bonds. The molecule has 3 aromatic carbocycles. The topological polar surface area (TPSA) is 281 Å². The number of amides is 8. The van der Waals surface area contributed by atoms with Crippen LogP contribution in [-0.4, -0.2) is 132 Å². The summed E-state index contributed by atoms with van der Waals surface area (Å²) in [5.74, 6) is -4.71. The molecule has 0 aliphatic heterocycles. The second kappa shape index (κ2) is 29.5. The van der Waals surface area contributed by atoms with Gasteiger partial charge in [-0.25, -0.2) is 9.59 Å². The Hall–Kier alpha value is -6.77. The van der Waals surface area contributed by atoms with Crippen molar-refractivity contribution in [3.05, 3.63) is 95.0 Å². The van der Waals surface area contributed by atoms with Gasteiger partial charge in [-0.3, -0.25) is 28.8 Å². The van der Waals surface area contributed by atoms with Crippen molar-refractivity contribution in [2.75, 3.05) is 19.6 Å². The predicted octanol–water partition coefficient (Wildman–Crippen LogP) is 5.23. The van der Waals surface area contributed by atoms with Crippen LogP contribution in [-0.2, 0) is 44.6 Å². The molecule has 3 aromatic rings. The zero-order valence-corrected chi connectivity index (χ0v) is 46.6. The summed E-state index contributed by atoms with van der Waals surface area (Å²) in [6.45, 7) is 19.6. The molecule has 9 N–H and O–H groups in total. The maximum atomic E-state index is 14.3. The minimum absolute atomic E-state index is 0.0341. The van der Waals surface area contributed by atoms with E-state index in [1.165, 1.54) is 20.8 Å². The van der Waals surface area contributed by atoms with Crippen LogP contribution in [0.4, 0.5) is 9.59 Å². The third-order valence-electron chi connectivity index (χ3n) is 11.0. The Labute approximate surface area is 451 Å². The minimum Gasteiger partial charge on any atom is -0.444 e. The van der Waals surface area contributed by atoms with E-state index in [2.05, 4.69) is 42.5 Å². The van der Waals surface area contributed by atoms with Crippen molar-refractivity contribution in [2.24, 2.45) is 0 Å². The first-order valence-electron chi connectivity index (χ1n) is 25.4. The maximum Gasteiger partial charge on any atom is 0.407 e. The lowest BCUT2D eigenvalue weighted by Gasteiger charge is -2.32. The van der Waals surface area contributed by atoms with Crippen LogP contribution in [0.5, 0.6) is 0 Å². The lowest BCUT2D eigenvalue weighted by molar-refractivity contribution is -0.139. The summed E-state index contributed by atoms with van der Waals surface area (Å²) < 4.78 is 16.8. The van der Waals surface area contributed by atoms with Crippen LogP contribution in [0.25, 0.3) is 11.1 Å². The number of halogens is 1. The number of hydrogen-bond donors (Lipinski definition) is 9. The van der Waals surface area contributed by atoms with Crippen LogP contribution in [0.3, 0.4) is 0 Å². The van der Waals surface area contributed by atoms with Crippen molar-refractivity contribution in [1.82, 2.24) is 42.5 Å². The van der Waals surface area contributed by atoms with Crippen molar-refractivity contribution < 1.29 is 57.7 Å². The molecule has 0 aromatic heterocycles. The number of ether oxygens (including phenoxy) is 3. The first-order valence-corrected chi connectivity index (χ1v) is 25.8. The Bertz CT molecular complexity index is 2400. The fraction of sp³-hybridized carbons (Fsp3) is 0.527. The van der Waals surface area contributed by atoms with E-state index in [4.69, 9.17) is 25.8 Å². The highest BCUT2D eigenvalue weighted by molar-refractivity contribution is 6.30. The van der Waals surface area contributed by atoms with Gasteiger partial charge < -0.3 is 61.9 Å². The molecule has 0 heterocycles. The van der Waals surface area contributed by atoms with E-state index >= 15 is 0 Å². The average Bonchev–Trinajstić information content (AvgIpc) is 3.32. The van der Waals surface area contributed by atoms with Crippen LogP contribution in [0.15, 0.2) is 78.9 Å². The van der Waals surface area contributed by atoms with Crippen LogP contribution in [0, 0.1) is 0 Å². The minimum atomic E-state index is -1.65. The van der Waals surface area contributed by atoms with Crippen molar-refractivity contribution in [1.29, 1.82) is 0 Å². The molecule has 0 spiro atoms. The van der Waals surface area contributed by atoms with Crippen molar-refractivity contribution >= 4 is 59.2 Å². The molecule has 3 rings (SSSR count). The fourth-order valence-corrected chi connectivity index (χ4v) is 7.43. The molecule has 76 heavy (non-hydrogen) atoms. The van der Waals surface area contributed by atoms with Gasteiger partial charge in [0.15, 0.2) is 6.10 Å². The summed E-state index contributed by atoms with van der Waals surface area (Å²) in [4.78, 5) is 108. The summed E-state index contributed by atoms with van der Waals surface area (Å²) in [5, 5.41) is 32.4. The third-order valence-corrected chi connectivity index (χ3v) is 11.3. The Morgan fingerprint density at radius 3 is 1.67 bits per heavy atom. The third kappa shape index (κ3) is 23.8. The van der Waals surface area contributed by atoms with Gasteiger partial charge in [0.25, 0.3) is 11.8 Å². The number of benzene rings is 3. The molecule has 0 bridgehead atoms. The van der Waals surface area contributed by atoms with Crippen molar-refractivity contribution in [2.45, 2.75) is 168 Å². The Morgan fingerprint density at radius 2 is 1.11 bits per heavy atom. The summed E-state index contributed by atoms with van der Waals surface area (Å²) in [5.41, 5.74) is 0.349. The van der Waals surface area contributed by atoms with Gasteiger partial charge in [-0.15, -0.1) is 0 Å². The molecule has 0 aliphatic rings. The number of carbonyl (C=O) groups is 8. The largest absolute Gasteiger partial charge is 0.444 e. The highest BCUT2D eigenvalue weighted by Crippen LogP contribution is 2.22. The van der Waals surface area contributed by atoms with E-state index in [0.29, 0.717) is 24.3 Å². The van der Waals surface area contributed by atoms with E-state index in [1.54, 1.807) is 98.7 Å². The monoisotopic (exact) mass is 1080 g/mol. The number of aliphatic hydroxyl groups is 1. The summed E-state index contributed by atoms with van der Waals surface area (Å²) >= 11 is 6.05. The first kappa shape index (κ1) is 63.5. The van der Waals surface area contributed by atoms with E-state index in [-0.39, 0.29) is 25.1 Å². The summed E-state index contributed by atoms with van der Waals surface area (Å²) in [6.07, 6.45) is -2.99. The van der Waals surface area contributed by atoms with E-state index in [0.717, 1.165) is 16.7 Å². The number of nitrogens with one attached hydrogen (secondary N) is 8. The predicted molar refractivity (Wildman–Crippen MR) is 289 cm³/mol. The van der Waals surface area contributed by atoms with Gasteiger partial charge in [0.05, 0.1) is 24.3 Å². The summed E-state index contributed by atoms with van der Waals surface area (Å²) in [7, 11) is 0. The van der Waals surface area contributed by atoms with Gasteiger partial charge in [0.2, 0.25) is 23.6 Å². The number of rotatable bonds is 25. The first-order chi connectivity index (χ1) is 35.4. The number of carbonyl (C=O) groups excluding carboxylic acids is 8. The lowest BCUT2D eigenvalue weighted by atomic mass is 10.0. The van der Waals surface area contributed by atoms with Crippen LogP contribution >= 0.6 is 11.6 Å². The molecule has 0 radical (unpaired) electrons. The van der Waals surface area contributed by atoms with Crippen LogP contribution in [0.2, 0.25) is 5.02 Å². The number of hydrogen-bond acceptors (Lipinski definition) is 12. The van der Waals surface area contributed by atoms with Crippen LogP contribution < -0.4 is 42.5 Å². The van der Waals surface area contributed by atoms with Gasteiger partial charge in [-0.1, -0.05) is 66.2 Å². The van der Waals surface area contributed by atoms with Gasteiger partial charge in [-0.2, -0.15) is 0 Å². The molecule has 0 saturated heterocycles. The van der Waals surface area contributed by atoms with Crippen molar-refractivity contribution in [3.8, 4) is 11.1 Å². The molecule has 0 saturated carbocycles. The summed E-state index contributed by atoms with van der Waals surface area (Å²) in [6, 6.07) is 16.4. The Morgan fingerprint density at radius 1 is 0.553 bits per heavy atom. The fourth-order valence-electron chi connectivity index (χ4n) is 7.31. The smallest absolute Gasteiger partial charge is 0.407 e. The number of unbranched alkanes of at least 4 members (excludes halogenated alkanes) is 1. The Balaban J connectivity index is 1.82. The molecular weight excluding hydrogens is 1000 g/mol. The van der Waals surface area contributed by atoms with E-state index in [9.17, 15) is 43.5 Å². The zero-order chi connectivity index (χ0) is 57.0. The highest BCUT2D eigenvalue weighted by Gasteiger charge is 2.36. The SMILES string of the molecule is C[C@H](NC(=O)[C@@H](NC(=O)[C@H](CNC(=O)OC(C)(C)C)NC(=O)c1ccc(-c2ccc(Cl)cc2)cc1)[C@@H](C)OC(C)(C)C)C(=O)N[C@@H](CCCCNC(=O)OC(C)(C)C)C(=O)N[C@@H](C)C(O)C(=O)NCCc1ccccc1. The number of aliphatic hydroxyl groups excluding tert-OH is 1. The van der Waals surface area contributed by atoms with Gasteiger partial charge in [0.1, 0.15) is 35.4 Å². The molecule has 1 unspecified atom stereocenters. The molecule has 20 nitrogen and oxygen atoms in total. The quantitative estimate of drug-likeness (QED) is 0.0494. The van der Waals surface area contributed by atoms with Gasteiger partial charge in [0, 0.05) is 23.7 Å². The molecule has 418 valence electrons. The average molecular weight is 1080 g/mol. The second-order valence-corrected chi connectivity index (χ2v) is 21.8. The molecule has 0 fully saturated rings. The Kier molecular flexibility index (Phi) is 24.7. The standard InChI is InChI=1S/C55H79ClN8O12/c1-33(44(65)50(71)57-31-29-36-18-14-13-15-19-36)60-47(68)41(20-16-17-30-58-51(72)75-54(7,8)9)62-45(66)34(2)61-49(70)43(35(3)74-53(4,5)6)64-48(69)42(32-59-52(73)76-55(10,11)12)63-46(67)39-23-21-37(22-24-39)38-25-27-40(56)28-26-38/h13-15,18-19,21-28,33-35,41-44,65H,16-17,20,29-32H2,1-12H3,(H,57,71)(H,58,72)(H,59,73)(H,60,68)(H,61,70)(H,62,66)(H,63,67)(H,64,69)/t33-,34-,35+,41-,42-,43-,44?/m0/s1. The van der Waals surface area contributed by atoms with E-state index < -0.39 is 113 Å². The highest BCUT2D eigenvalue weighted by atomic mass is 35.5. The van der Waals surface area contributed by atoms with Crippen LogP contribution in [0.1, 0.15) is 118 Å². The lowest BCUT2D eigenvalue weighted by Crippen LogP contribution is -2.62. The number of alkyl carbamates (subject to hydrolysis) is 2. The van der Waals surface area contributed by atoms with Gasteiger partial charge in [-0.05, 0) is 150 Å². The maximum absolute atomic E-state index is 14.3. The van der Waals surface area contributed by atoms with E-state index in [1.807, 2.05) is 42.5 Å². The van der Waals surface area contributed by atoms with Gasteiger partial charge >= 0.3 is 12.2 Å². The zero-order valence-electron chi connectivity index (χ0n) is 45.8. The normalized spacial score (nSPS) is 14.4. The molecule has 0 aliphatic carbocycles. The molecular formula is C55H79ClN8O12. The van der Waals surface area contributed by atoms with Crippen molar-refractivity contribution in [3.63, 3.8) is 0 Å². The molecule has 7 atom stereocenters.